The highest BCUT2D eigenvalue weighted by atomic mass is 32.2. The van der Waals surface area contributed by atoms with Crippen LogP contribution in [0.25, 0.3) is 0 Å². The SMILES string of the molecule is CCCSc1ncccc1OS(C)(=O)=O. The minimum atomic E-state index is -3.48. The largest absolute Gasteiger partial charge is 0.380 e. The first-order valence-corrected chi connectivity index (χ1v) is 7.30. The average molecular weight is 247 g/mol. The lowest BCUT2D eigenvalue weighted by atomic mass is 10.5. The van der Waals surface area contributed by atoms with E-state index in [0.29, 0.717) is 10.8 Å². The van der Waals surface area contributed by atoms with Crippen LogP contribution in [0.1, 0.15) is 13.3 Å². The predicted octanol–water partition coefficient (Wildman–Crippen LogP) is 1.92. The Bertz CT molecular complexity index is 417. The minimum absolute atomic E-state index is 0.304. The fraction of sp³-hybridized carbons (Fsp3) is 0.444. The van der Waals surface area contributed by atoms with Gasteiger partial charge in [0.1, 0.15) is 5.03 Å². The molecule has 0 spiro atoms. The second-order valence-corrected chi connectivity index (χ2v) is 5.60. The molecule has 1 aromatic heterocycles. The monoisotopic (exact) mass is 247 g/mol. The first-order valence-electron chi connectivity index (χ1n) is 4.50. The normalized spacial score (nSPS) is 11.3. The molecule has 0 aromatic carbocycles. The van der Waals surface area contributed by atoms with Crippen LogP contribution in [0.2, 0.25) is 0 Å². The lowest BCUT2D eigenvalue weighted by molar-refractivity contribution is 0.484. The van der Waals surface area contributed by atoms with Crippen molar-refractivity contribution < 1.29 is 12.6 Å². The maximum absolute atomic E-state index is 11.0. The van der Waals surface area contributed by atoms with Gasteiger partial charge in [0.2, 0.25) is 0 Å². The van der Waals surface area contributed by atoms with Crippen LogP contribution in [-0.2, 0) is 10.1 Å². The molecule has 0 saturated carbocycles. The fourth-order valence-corrected chi connectivity index (χ4v) is 2.21. The molecule has 0 N–H and O–H groups in total. The van der Waals surface area contributed by atoms with Gasteiger partial charge in [-0.25, -0.2) is 4.98 Å². The summed E-state index contributed by atoms with van der Waals surface area (Å²) in [5.41, 5.74) is 0. The molecule has 0 aliphatic rings. The molecular formula is C9H13NO3S2. The second kappa shape index (κ2) is 5.37. The van der Waals surface area contributed by atoms with Crippen LogP contribution >= 0.6 is 11.8 Å². The van der Waals surface area contributed by atoms with E-state index in [2.05, 4.69) is 4.98 Å². The smallest absolute Gasteiger partial charge is 0.306 e. The summed E-state index contributed by atoms with van der Waals surface area (Å²) < 4.78 is 26.8. The van der Waals surface area contributed by atoms with Crippen molar-refractivity contribution in [2.24, 2.45) is 0 Å². The van der Waals surface area contributed by atoms with Gasteiger partial charge in [-0.05, 0) is 24.3 Å². The quantitative estimate of drug-likeness (QED) is 0.587. The lowest BCUT2D eigenvalue weighted by Gasteiger charge is -2.06. The molecule has 0 fully saturated rings. The van der Waals surface area contributed by atoms with Gasteiger partial charge in [0.15, 0.2) is 5.75 Å². The van der Waals surface area contributed by atoms with Gasteiger partial charge in [-0.15, -0.1) is 11.8 Å². The highest BCUT2D eigenvalue weighted by Gasteiger charge is 2.10. The Morgan fingerprint density at radius 3 is 2.87 bits per heavy atom. The third-order valence-electron chi connectivity index (χ3n) is 1.42. The molecule has 0 saturated heterocycles. The van der Waals surface area contributed by atoms with Crippen molar-refractivity contribution in [2.45, 2.75) is 18.4 Å². The van der Waals surface area contributed by atoms with Gasteiger partial charge >= 0.3 is 10.1 Å². The summed E-state index contributed by atoms with van der Waals surface area (Å²) in [6.45, 7) is 2.05. The number of thioether (sulfide) groups is 1. The van der Waals surface area contributed by atoms with E-state index in [1.807, 2.05) is 6.92 Å². The van der Waals surface area contributed by atoms with E-state index in [1.54, 1.807) is 18.3 Å². The summed E-state index contributed by atoms with van der Waals surface area (Å²) >= 11 is 1.49. The summed E-state index contributed by atoms with van der Waals surface area (Å²) in [6.07, 6.45) is 3.64. The summed E-state index contributed by atoms with van der Waals surface area (Å²) in [5.74, 6) is 1.19. The Kier molecular flexibility index (Phi) is 4.41. The Morgan fingerprint density at radius 1 is 1.53 bits per heavy atom. The van der Waals surface area contributed by atoms with E-state index in [0.717, 1.165) is 18.4 Å². The minimum Gasteiger partial charge on any atom is -0.380 e. The van der Waals surface area contributed by atoms with E-state index < -0.39 is 10.1 Å². The number of hydrogen-bond donors (Lipinski definition) is 0. The molecule has 84 valence electrons. The Balaban J connectivity index is 2.86. The van der Waals surface area contributed by atoms with Crippen molar-refractivity contribution in [1.82, 2.24) is 4.98 Å². The number of rotatable bonds is 5. The fourth-order valence-electron chi connectivity index (χ4n) is 0.910. The number of nitrogens with zero attached hydrogens (tertiary/aromatic N) is 1. The predicted molar refractivity (Wildman–Crippen MR) is 60.7 cm³/mol. The van der Waals surface area contributed by atoms with Crippen LogP contribution in [0.3, 0.4) is 0 Å². The molecule has 0 radical (unpaired) electrons. The second-order valence-electron chi connectivity index (χ2n) is 2.94. The van der Waals surface area contributed by atoms with Crippen molar-refractivity contribution >= 4 is 21.9 Å². The average Bonchev–Trinajstić information content (AvgIpc) is 2.14. The van der Waals surface area contributed by atoms with Crippen molar-refractivity contribution in [3.05, 3.63) is 18.3 Å². The van der Waals surface area contributed by atoms with E-state index >= 15 is 0 Å². The molecule has 0 amide bonds. The molecule has 4 nitrogen and oxygen atoms in total. The Morgan fingerprint density at radius 2 is 2.27 bits per heavy atom. The third-order valence-corrected chi connectivity index (χ3v) is 3.10. The molecule has 1 rings (SSSR count). The zero-order chi connectivity index (χ0) is 11.3. The van der Waals surface area contributed by atoms with E-state index in [4.69, 9.17) is 4.18 Å². The number of hydrogen-bond acceptors (Lipinski definition) is 5. The topological polar surface area (TPSA) is 56.3 Å². The molecule has 1 aromatic rings. The van der Waals surface area contributed by atoms with E-state index in [1.165, 1.54) is 11.8 Å². The van der Waals surface area contributed by atoms with Crippen LogP contribution in [-0.4, -0.2) is 25.4 Å². The van der Waals surface area contributed by atoms with Gasteiger partial charge in [0.05, 0.1) is 6.26 Å². The van der Waals surface area contributed by atoms with Crippen molar-refractivity contribution in [3.63, 3.8) is 0 Å². The summed E-state index contributed by atoms with van der Waals surface area (Å²) in [7, 11) is -3.48. The maximum Gasteiger partial charge on any atom is 0.306 e. The number of pyridine rings is 1. The Hall–Kier alpha value is -0.750. The van der Waals surface area contributed by atoms with Crippen LogP contribution in [0, 0.1) is 0 Å². The molecule has 15 heavy (non-hydrogen) atoms. The summed E-state index contributed by atoms with van der Waals surface area (Å²) in [6, 6.07) is 3.25. The molecule has 0 aliphatic carbocycles. The van der Waals surface area contributed by atoms with Crippen LogP contribution in [0.5, 0.6) is 5.75 Å². The van der Waals surface area contributed by atoms with Gasteiger partial charge in [0.25, 0.3) is 0 Å². The third kappa shape index (κ3) is 4.53. The maximum atomic E-state index is 11.0. The highest BCUT2D eigenvalue weighted by Crippen LogP contribution is 2.27. The standard InChI is InChI=1S/C9H13NO3S2/c1-3-7-14-9-8(5-4-6-10-9)13-15(2,11)12/h4-6H,3,7H2,1-2H3. The number of aromatic nitrogens is 1. The molecule has 0 aliphatic heterocycles. The van der Waals surface area contributed by atoms with Crippen LogP contribution in [0.15, 0.2) is 23.4 Å². The highest BCUT2D eigenvalue weighted by molar-refractivity contribution is 7.99. The first kappa shape index (κ1) is 12.3. The summed E-state index contributed by atoms with van der Waals surface area (Å²) in [5, 5.41) is 0.616. The first-order chi connectivity index (χ1) is 7.03. The molecular weight excluding hydrogens is 234 g/mol. The molecule has 0 bridgehead atoms. The van der Waals surface area contributed by atoms with E-state index in [9.17, 15) is 8.42 Å². The Labute approximate surface area is 94.2 Å². The van der Waals surface area contributed by atoms with Crippen molar-refractivity contribution in [3.8, 4) is 5.75 Å². The van der Waals surface area contributed by atoms with Gasteiger partial charge in [-0.1, -0.05) is 6.92 Å². The molecule has 6 heteroatoms. The molecule has 0 atom stereocenters. The van der Waals surface area contributed by atoms with E-state index in [-0.39, 0.29) is 0 Å². The van der Waals surface area contributed by atoms with Gasteiger partial charge in [0, 0.05) is 6.20 Å². The molecule has 1 heterocycles. The van der Waals surface area contributed by atoms with Gasteiger partial charge in [-0.2, -0.15) is 8.42 Å². The van der Waals surface area contributed by atoms with Crippen molar-refractivity contribution in [1.29, 1.82) is 0 Å². The zero-order valence-electron chi connectivity index (χ0n) is 8.63. The van der Waals surface area contributed by atoms with Gasteiger partial charge < -0.3 is 4.18 Å². The zero-order valence-corrected chi connectivity index (χ0v) is 10.3. The van der Waals surface area contributed by atoms with Crippen LogP contribution in [0.4, 0.5) is 0 Å². The lowest BCUT2D eigenvalue weighted by Crippen LogP contribution is -2.07. The van der Waals surface area contributed by atoms with Crippen molar-refractivity contribution in [2.75, 3.05) is 12.0 Å². The van der Waals surface area contributed by atoms with Gasteiger partial charge in [-0.3, -0.25) is 0 Å². The molecule has 0 unspecified atom stereocenters. The summed E-state index contributed by atoms with van der Waals surface area (Å²) in [4.78, 5) is 4.07. The van der Waals surface area contributed by atoms with Crippen LogP contribution < -0.4 is 4.18 Å².